The maximum absolute atomic E-state index is 13.9. The summed E-state index contributed by atoms with van der Waals surface area (Å²) in [7, 11) is 1.64. The van der Waals surface area contributed by atoms with Crippen LogP contribution in [-0.4, -0.2) is 62.2 Å². The number of rotatable bonds is 12. The van der Waals surface area contributed by atoms with E-state index in [1.165, 1.54) is 0 Å². The predicted molar refractivity (Wildman–Crippen MR) is 175 cm³/mol. The van der Waals surface area contributed by atoms with Gasteiger partial charge < -0.3 is 29.7 Å². The van der Waals surface area contributed by atoms with Gasteiger partial charge >= 0.3 is 0 Å². The number of ether oxygens (including phenoxy) is 3. The summed E-state index contributed by atoms with van der Waals surface area (Å²) in [4.78, 5) is 29.1. The Bertz CT molecular complexity index is 1410. The number of carbonyl (C=O) groups is 2. The Hall–Kier alpha value is -3.17. The van der Waals surface area contributed by atoms with Crippen molar-refractivity contribution in [3.05, 3.63) is 87.4 Å². The SMILES string of the molecule is COc1ccccc1CN(C(=O)C1CNCC[C@@H]1NC(=O)c1ccc(OCCOc2c(Cl)cc(C)cc2Cl)cc1)C1CC1.Cl. The van der Waals surface area contributed by atoms with Gasteiger partial charge in [0.2, 0.25) is 5.91 Å². The van der Waals surface area contributed by atoms with Gasteiger partial charge in [0.1, 0.15) is 24.7 Å². The van der Waals surface area contributed by atoms with Crippen molar-refractivity contribution in [2.45, 2.75) is 44.8 Å². The number of hydrogen-bond donors (Lipinski definition) is 2. The highest BCUT2D eigenvalue weighted by atomic mass is 35.5. The zero-order valence-electron chi connectivity index (χ0n) is 24.8. The van der Waals surface area contributed by atoms with Crippen LogP contribution in [0.2, 0.25) is 10.0 Å². The third-order valence-corrected chi connectivity index (χ3v) is 8.34. The molecule has 2 amide bonds. The Balaban J connectivity index is 0.00000442. The number of hydrogen-bond acceptors (Lipinski definition) is 6. The lowest BCUT2D eigenvalue weighted by Crippen LogP contribution is -2.55. The Labute approximate surface area is 274 Å². The first kappa shape index (κ1) is 33.7. The summed E-state index contributed by atoms with van der Waals surface area (Å²) in [5.74, 6) is 1.29. The van der Waals surface area contributed by atoms with Crippen LogP contribution in [0.25, 0.3) is 0 Å². The van der Waals surface area contributed by atoms with Gasteiger partial charge in [0.25, 0.3) is 5.91 Å². The molecule has 44 heavy (non-hydrogen) atoms. The molecule has 1 saturated heterocycles. The molecule has 2 fully saturated rings. The van der Waals surface area contributed by atoms with Crippen LogP contribution in [0.1, 0.15) is 40.7 Å². The summed E-state index contributed by atoms with van der Waals surface area (Å²) in [6.45, 7) is 4.18. The van der Waals surface area contributed by atoms with Crippen LogP contribution >= 0.6 is 35.6 Å². The highest BCUT2D eigenvalue weighted by molar-refractivity contribution is 6.37. The van der Waals surface area contributed by atoms with Gasteiger partial charge in [-0.15, -0.1) is 12.4 Å². The summed E-state index contributed by atoms with van der Waals surface area (Å²) in [5.41, 5.74) is 2.43. The van der Waals surface area contributed by atoms with E-state index in [4.69, 9.17) is 37.4 Å². The molecule has 1 saturated carbocycles. The number of methoxy groups -OCH3 is 1. The molecule has 236 valence electrons. The molecule has 2 N–H and O–H groups in total. The van der Waals surface area contributed by atoms with E-state index in [1.807, 2.05) is 36.1 Å². The van der Waals surface area contributed by atoms with Crippen molar-refractivity contribution in [2.24, 2.45) is 5.92 Å². The van der Waals surface area contributed by atoms with Crippen LogP contribution in [0.3, 0.4) is 0 Å². The second kappa shape index (κ2) is 15.7. The van der Waals surface area contributed by atoms with Crippen molar-refractivity contribution in [1.82, 2.24) is 15.5 Å². The highest BCUT2D eigenvalue weighted by Crippen LogP contribution is 2.34. The highest BCUT2D eigenvalue weighted by Gasteiger charge is 2.40. The van der Waals surface area contributed by atoms with Crippen LogP contribution in [-0.2, 0) is 11.3 Å². The molecule has 2 aliphatic rings. The maximum atomic E-state index is 13.9. The number of amides is 2. The van der Waals surface area contributed by atoms with E-state index in [9.17, 15) is 9.59 Å². The smallest absolute Gasteiger partial charge is 0.251 e. The first-order valence-corrected chi connectivity index (χ1v) is 15.3. The Morgan fingerprint density at radius 3 is 2.34 bits per heavy atom. The van der Waals surface area contributed by atoms with Crippen LogP contribution in [0, 0.1) is 12.8 Å². The van der Waals surface area contributed by atoms with Gasteiger partial charge in [0.15, 0.2) is 5.75 Å². The number of benzene rings is 3. The predicted octanol–water partition coefficient (Wildman–Crippen LogP) is 6.09. The minimum Gasteiger partial charge on any atom is -0.496 e. The van der Waals surface area contributed by atoms with E-state index in [0.29, 0.717) is 46.6 Å². The lowest BCUT2D eigenvalue weighted by molar-refractivity contribution is -0.138. The van der Waals surface area contributed by atoms with Gasteiger partial charge in [-0.05, 0) is 80.8 Å². The van der Waals surface area contributed by atoms with Crippen LogP contribution in [0.4, 0.5) is 0 Å². The number of nitrogens with one attached hydrogen (secondary N) is 2. The molecule has 0 aromatic heterocycles. The normalized spacial score (nSPS) is 17.6. The van der Waals surface area contributed by atoms with E-state index in [2.05, 4.69) is 10.6 Å². The Morgan fingerprint density at radius 1 is 0.977 bits per heavy atom. The molecule has 2 atom stereocenters. The fourth-order valence-electron chi connectivity index (χ4n) is 5.38. The number of piperidine rings is 1. The van der Waals surface area contributed by atoms with Crippen LogP contribution < -0.4 is 24.8 Å². The van der Waals surface area contributed by atoms with Gasteiger partial charge in [-0.1, -0.05) is 41.4 Å². The first-order chi connectivity index (χ1) is 20.8. The van der Waals surface area contributed by atoms with Crippen molar-refractivity contribution in [3.8, 4) is 17.2 Å². The van der Waals surface area contributed by atoms with E-state index >= 15 is 0 Å². The zero-order chi connectivity index (χ0) is 30.3. The molecule has 1 unspecified atom stereocenters. The quantitative estimate of drug-likeness (QED) is 0.228. The molecule has 5 rings (SSSR count). The summed E-state index contributed by atoms with van der Waals surface area (Å²) < 4.78 is 17.0. The van der Waals surface area contributed by atoms with E-state index in [-0.39, 0.29) is 55.4 Å². The third kappa shape index (κ3) is 8.51. The number of para-hydroxylation sites is 1. The molecule has 11 heteroatoms. The zero-order valence-corrected chi connectivity index (χ0v) is 27.1. The fourth-order valence-corrected chi connectivity index (χ4v) is 6.08. The van der Waals surface area contributed by atoms with Gasteiger partial charge in [0.05, 0.1) is 23.1 Å². The minimum absolute atomic E-state index is 0. The first-order valence-electron chi connectivity index (χ1n) is 14.6. The molecule has 8 nitrogen and oxygen atoms in total. The van der Waals surface area contributed by atoms with Gasteiger partial charge in [-0.3, -0.25) is 9.59 Å². The topological polar surface area (TPSA) is 89.1 Å². The lowest BCUT2D eigenvalue weighted by atomic mass is 9.91. The van der Waals surface area contributed by atoms with E-state index in [0.717, 1.165) is 36.3 Å². The average Bonchev–Trinajstić information content (AvgIpc) is 3.85. The Kier molecular flexibility index (Phi) is 12.0. The van der Waals surface area contributed by atoms with Gasteiger partial charge in [-0.25, -0.2) is 0 Å². The summed E-state index contributed by atoms with van der Waals surface area (Å²) >= 11 is 12.5. The second-order valence-electron chi connectivity index (χ2n) is 11.0. The molecule has 1 aliphatic heterocycles. The van der Waals surface area contributed by atoms with Crippen LogP contribution in [0.15, 0.2) is 60.7 Å². The van der Waals surface area contributed by atoms with Crippen molar-refractivity contribution in [1.29, 1.82) is 0 Å². The Morgan fingerprint density at radius 2 is 1.66 bits per heavy atom. The molecule has 0 spiro atoms. The molecule has 3 aromatic carbocycles. The third-order valence-electron chi connectivity index (χ3n) is 7.78. The van der Waals surface area contributed by atoms with Crippen molar-refractivity contribution < 1.29 is 23.8 Å². The van der Waals surface area contributed by atoms with Crippen LogP contribution in [0.5, 0.6) is 17.2 Å². The molecule has 1 heterocycles. The summed E-state index contributed by atoms with van der Waals surface area (Å²) in [5, 5.41) is 7.39. The monoisotopic (exact) mass is 661 g/mol. The largest absolute Gasteiger partial charge is 0.496 e. The second-order valence-corrected chi connectivity index (χ2v) is 11.8. The summed E-state index contributed by atoms with van der Waals surface area (Å²) in [6, 6.07) is 18.3. The maximum Gasteiger partial charge on any atom is 0.251 e. The van der Waals surface area contributed by atoms with Gasteiger partial charge in [-0.2, -0.15) is 0 Å². The summed E-state index contributed by atoms with van der Waals surface area (Å²) in [6.07, 6.45) is 2.66. The van der Waals surface area contributed by atoms with Crippen molar-refractivity contribution in [3.63, 3.8) is 0 Å². The van der Waals surface area contributed by atoms with E-state index in [1.54, 1.807) is 43.5 Å². The molecule has 1 aliphatic carbocycles. The van der Waals surface area contributed by atoms with Crippen molar-refractivity contribution >= 4 is 47.4 Å². The molecular weight excluding hydrogens is 625 g/mol. The molecule has 3 aromatic rings. The van der Waals surface area contributed by atoms with Gasteiger partial charge in [0, 0.05) is 36.3 Å². The molecular formula is C33H38Cl3N3O5. The minimum atomic E-state index is -0.355. The number of nitrogens with zero attached hydrogens (tertiary/aromatic N) is 1. The number of halogens is 3. The van der Waals surface area contributed by atoms with E-state index < -0.39 is 0 Å². The fraction of sp³-hybridized carbons (Fsp3) is 0.394. The number of aryl methyl sites for hydroxylation is 1. The standard InChI is InChI=1S/C33H37Cl2N3O5.ClH/c1-21-17-27(34)31(28(35)18-21)43-16-15-42-25-11-7-22(8-12-25)32(39)37-29-13-14-36-19-26(29)33(40)38(24-9-10-24)20-23-5-3-4-6-30(23)41-2;/h3-8,11-12,17-18,24,26,29,36H,9-10,13-16,19-20H2,1-2H3,(H,37,39);1H/t26?,29-;/m0./s1. The molecule has 0 radical (unpaired) electrons. The lowest BCUT2D eigenvalue weighted by Gasteiger charge is -2.36. The molecule has 0 bridgehead atoms. The average molecular weight is 663 g/mol. The van der Waals surface area contributed by atoms with Crippen molar-refractivity contribution in [2.75, 3.05) is 33.4 Å². The number of carbonyl (C=O) groups excluding carboxylic acids is 2.